The molecule has 0 saturated heterocycles. The molecule has 19 heavy (non-hydrogen) atoms. The highest BCUT2D eigenvalue weighted by Crippen LogP contribution is 2.14. The van der Waals surface area contributed by atoms with Crippen LogP contribution in [0.5, 0.6) is 0 Å². The lowest BCUT2D eigenvalue weighted by molar-refractivity contribution is 0.0692. The van der Waals surface area contributed by atoms with Crippen LogP contribution in [0.4, 0.5) is 14.9 Å². The van der Waals surface area contributed by atoms with Gasteiger partial charge in [-0.05, 0) is 25.1 Å². The number of carboxylic acid groups (broad SMARTS) is 1. The normalized spacial score (nSPS) is 11.7. The van der Waals surface area contributed by atoms with E-state index in [9.17, 15) is 14.0 Å². The summed E-state index contributed by atoms with van der Waals surface area (Å²) in [7, 11) is 1.51. The first-order valence-electron chi connectivity index (χ1n) is 5.53. The number of amides is 2. The summed E-state index contributed by atoms with van der Waals surface area (Å²) in [6.45, 7) is 2.09. The van der Waals surface area contributed by atoms with E-state index in [-0.39, 0.29) is 11.7 Å². The van der Waals surface area contributed by atoms with Crippen molar-refractivity contribution >= 4 is 17.7 Å². The van der Waals surface area contributed by atoms with Gasteiger partial charge in [0.05, 0.1) is 18.2 Å². The molecule has 0 aliphatic heterocycles. The van der Waals surface area contributed by atoms with E-state index in [0.717, 1.165) is 12.1 Å². The van der Waals surface area contributed by atoms with E-state index in [1.807, 2.05) is 0 Å². The Labute approximate surface area is 109 Å². The van der Waals surface area contributed by atoms with Gasteiger partial charge in [0.2, 0.25) is 0 Å². The second kappa shape index (κ2) is 6.69. The van der Waals surface area contributed by atoms with Crippen LogP contribution in [-0.4, -0.2) is 36.9 Å². The summed E-state index contributed by atoms with van der Waals surface area (Å²) in [4.78, 5) is 22.1. The predicted molar refractivity (Wildman–Crippen MR) is 66.9 cm³/mol. The van der Waals surface area contributed by atoms with Crippen LogP contribution in [0.3, 0.4) is 0 Å². The molecular weight excluding hydrogens is 255 g/mol. The van der Waals surface area contributed by atoms with Crippen LogP contribution in [0.25, 0.3) is 0 Å². The maximum absolute atomic E-state index is 13.4. The first kappa shape index (κ1) is 14.9. The van der Waals surface area contributed by atoms with Gasteiger partial charge in [-0.2, -0.15) is 0 Å². The molecule has 1 atom stereocenters. The number of methoxy groups -OCH3 is 1. The van der Waals surface area contributed by atoms with Crippen molar-refractivity contribution in [2.75, 3.05) is 19.0 Å². The molecule has 0 bridgehead atoms. The number of benzene rings is 1. The number of halogens is 1. The van der Waals surface area contributed by atoms with Crippen molar-refractivity contribution < 1.29 is 23.8 Å². The zero-order valence-corrected chi connectivity index (χ0v) is 10.6. The van der Waals surface area contributed by atoms with E-state index in [1.54, 1.807) is 6.92 Å². The van der Waals surface area contributed by atoms with Crippen LogP contribution in [0.15, 0.2) is 18.2 Å². The van der Waals surface area contributed by atoms with Gasteiger partial charge in [0.25, 0.3) is 0 Å². The Morgan fingerprint density at radius 2 is 2.16 bits per heavy atom. The lowest BCUT2D eigenvalue weighted by Gasteiger charge is -2.13. The Bertz CT molecular complexity index is 479. The fourth-order valence-corrected chi connectivity index (χ4v) is 1.45. The molecule has 0 aliphatic rings. The minimum absolute atomic E-state index is 0.171. The Hall–Kier alpha value is -2.15. The zero-order valence-electron chi connectivity index (χ0n) is 10.6. The first-order chi connectivity index (χ1) is 8.93. The number of rotatable bonds is 5. The van der Waals surface area contributed by atoms with Crippen molar-refractivity contribution in [3.05, 3.63) is 29.6 Å². The Kier molecular flexibility index (Phi) is 5.25. The molecule has 6 nitrogen and oxygen atoms in total. The van der Waals surface area contributed by atoms with Gasteiger partial charge in [0, 0.05) is 12.8 Å². The molecular formula is C12H15FN2O4. The van der Waals surface area contributed by atoms with Gasteiger partial charge in [-0.3, -0.25) is 0 Å². The van der Waals surface area contributed by atoms with Gasteiger partial charge in [0.15, 0.2) is 0 Å². The van der Waals surface area contributed by atoms with Crippen molar-refractivity contribution in [3.63, 3.8) is 0 Å². The third-order valence-electron chi connectivity index (χ3n) is 2.25. The molecule has 1 aromatic rings. The molecule has 0 heterocycles. The molecule has 1 unspecified atom stereocenters. The van der Waals surface area contributed by atoms with Gasteiger partial charge in [-0.15, -0.1) is 0 Å². The zero-order chi connectivity index (χ0) is 14.4. The molecule has 0 spiro atoms. The Morgan fingerprint density at radius 3 is 2.68 bits per heavy atom. The van der Waals surface area contributed by atoms with Crippen LogP contribution < -0.4 is 10.6 Å². The summed E-state index contributed by atoms with van der Waals surface area (Å²) in [5.41, 5.74) is -0.275. The van der Waals surface area contributed by atoms with Crippen LogP contribution >= 0.6 is 0 Å². The maximum atomic E-state index is 13.4. The number of anilines is 1. The Balaban J connectivity index is 2.65. The average molecular weight is 270 g/mol. The van der Waals surface area contributed by atoms with Crippen molar-refractivity contribution in [1.29, 1.82) is 0 Å². The highest BCUT2D eigenvalue weighted by atomic mass is 19.1. The predicted octanol–water partition coefficient (Wildman–Crippen LogP) is 1.68. The van der Waals surface area contributed by atoms with E-state index < -0.39 is 23.4 Å². The number of carboxylic acids is 1. The number of urea groups is 1. The second-order valence-electron chi connectivity index (χ2n) is 3.95. The Morgan fingerprint density at radius 1 is 1.47 bits per heavy atom. The molecule has 2 amide bonds. The third-order valence-corrected chi connectivity index (χ3v) is 2.25. The van der Waals surface area contributed by atoms with E-state index in [2.05, 4.69) is 10.6 Å². The lowest BCUT2D eigenvalue weighted by Crippen LogP contribution is -2.38. The van der Waals surface area contributed by atoms with Gasteiger partial charge < -0.3 is 20.5 Å². The topological polar surface area (TPSA) is 87.7 Å². The largest absolute Gasteiger partial charge is 0.478 e. The fourth-order valence-electron chi connectivity index (χ4n) is 1.45. The van der Waals surface area contributed by atoms with Crippen molar-refractivity contribution in [2.24, 2.45) is 0 Å². The minimum atomic E-state index is -1.36. The molecule has 0 aromatic heterocycles. The van der Waals surface area contributed by atoms with E-state index in [0.29, 0.717) is 6.61 Å². The van der Waals surface area contributed by atoms with Crippen molar-refractivity contribution in [1.82, 2.24) is 5.32 Å². The summed E-state index contributed by atoms with van der Waals surface area (Å²) in [5.74, 6) is -2.27. The number of carbonyl (C=O) groups excluding carboxylic acids is 1. The van der Waals surface area contributed by atoms with Gasteiger partial charge in [-0.25, -0.2) is 14.0 Å². The summed E-state index contributed by atoms with van der Waals surface area (Å²) in [5, 5.41) is 13.6. The standard InChI is InChI=1S/C12H15FN2O4/c1-7(6-19-2)14-12(18)15-8-3-4-9(11(16)17)10(13)5-8/h3-5,7H,6H2,1-2H3,(H,16,17)(H2,14,15,18). The van der Waals surface area contributed by atoms with Crippen LogP contribution in [0.2, 0.25) is 0 Å². The number of carbonyl (C=O) groups is 2. The molecule has 3 N–H and O–H groups in total. The van der Waals surface area contributed by atoms with Crippen LogP contribution in [0, 0.1) is 5.82 Å². The molecule has 0 radical (unpaired) electrons. The first-order valence-corrected chi connectivity index (χ1v) is 5.53. The second-order valence-corrected chi connectivity index (χ2v) is 3.95. The monoisotopic (exact) mass is 270 g/mol. The smallest absolute Gasteiger partial charge is 0.338 e. The molecule has 7 heteroatoms. The summed E-state index contributed by atoms with van der Waals surface area (Å²) >= 11 is 0. The summed E-state index contributed by atoms with van der Waals surface area (Å²) in [6, 6.07) is 2.63. The highest BCUT2D eigenvalue weighted by Gasteiger charge is 2.12. The van der Waals surface area contributed by atoms with Crippen molar-refractivity contribution in [3.8, 4) is 0 Å². The number of nitrogens with one attached hydrogen (secondary N) is 2. The number of aromatic carboxylic acids is 1. The maximum Gasteiger partial charge on any atom is 0.338 e. The summed E-state index contributed by atoms with van der Waals surface area (Å²) < 4.78 is 18.2. The quantitative estimate of drug-likeness (QED) is 0.759. The highest BCUT2D eigenvalue weighted by molar-refractivity contribution is 5.91. The van der Waals surface area contributed by atoms with Crippen LogP contribution in [-0.2, 0) is 4.74 Å². The van der Waals surface area contributed by atoms with Gasteiger partial charge in [-0.1, -0.05) is 0 Å². The lowest BCUT2D eigenvalue weighted by atomic mass is 10.2. The van der Waals surface area contributed by atoms with Crippen LogP contribution in [0.1, 0.15) is 17.3 Å². The number of hydrogen-bond donors (Lipinski definition) is 3. The number of hydrogen-bond acceptors (Lipinski definition) is 3. The number of ether oxygens (including phenoxy) is 1. The van der Waals surface area contributed by atoms with Gasteiger partial charge >= 0.3 is 12.0 Å². The fraction of sp³-hybridized carbons (Fsp3) is 0.333. The summed E-state index contributed by atoms with van der Waals surface area (Å²) in [6.07, 6.45) is 0. The van der Waals surface area contributed by atoms with Crippen molar-refractivity contribution in [2.45, 2.75) is 13.0 Å². The molecule has 0 aliphatic carbocycles. The van der Waals surface area contributed by atoms with Gasteiger partial charge in [0.1, 0.15) is 5.82 Å². The molecule has 104 valence electrons. The van der Waals surface area contributed by atoms with E-state index >= 15 is 0 Å². The molecule has 0 saturated carbocycles. The van der Waals surface area contributed by atoms with E-state index in [4.69, 9.17) is 9.84 Å². The third kappa shape index (κ3) is 4.55. The SMILES string of the molecule is COCC(C)NC(=O)Nc1ccc(C(=O)O)c(F)c1. The molecule has 1 rings (SSSR count). The average Bonchev–Trinajstić information content (AvgIpc) is 2.28. The molecule has 1 aromatic carbocycles. The minimum Gasteiger partial charge on any atom is -0.478 e. The van der Waals surface area contributed by atoms with E-state index in [1.165, 1.54) is 13.2 Å². The molecule has 0 fully saturated rings.